The highest BCUT2D eigenvalue weighted by Gasteiger charge is 2.46. The molecule has 4 N–H and O–H groups in total. The Kier molecular flexibility index (Phi) is 6.62. The number of aliphatic hydroxyl groups excluding tert-OH is 1. The number of rotatable bonds is 8. The lowest BCUT2D eigenvalue weighted by Gasteiger charge is -2.43. The lowest BCUT2D eigenvalue weighted by Crippen LogP contribution is -2.54. The zero-order valence-corrected chi connectivity index (χ0v) is 19.8. The van der Waals surface area contributed by atoms with Gasteiger partial charge < -0.3 is 20.6 Å². The fraction of sp³-hybridized carbons (Fsp3) is 0.423. The van der Waals surface area contributed by atoms with Gasteiger partial charge in [-0.1, -0.05) is 24.3 Å². The Bertz CT molecular complexity index is 1250. The van der Waals surface area contributed by atoms with Gasteiger partial charge in [-0.25, -0.2) is 4.39 Å². The first kappa shape index (κ1) is 24.2. The van der Waals surface area contributed by atoms with E-state index >= 15 is 4.39 Å². The van der Waals surface area contributed by atoms with Gasteiger partial charge in [0.1, 0.15) is 17.9 Å². The molecule has 1 amide bonds. The number of hydrogen-bond acceptors (Lipinski definition) is 7. The Labute approximate surface area is 208 Å². The van der Waals surface area contributed by atoms with E-state index in [0.717, 1.165) is 29.5 Å². The monoisotopic (exact) mass is 492 g/mol. The minimum Gasteiger partial charge on any atom is -0.472 e. The van der Waals surface area contributed by atoms with E-state index in [2.05, 4.69) is 16.5 Å². The van der Waals surface area contributed by atoms with Crippen LogP contribution in [0.5, 0.6) is 0 Å². The maximum Gasteiger partial charge on any atom is 0.228 e. The molecule has 3 atom stereocenters. The molecule has 2 unspecified atom stereocenters. The van der Waals surface area contributed by atoms with Crippen molar-refractivity contribution < 1.29 is 18.7 Å². The Morgan fingerprint density at radius 2 is 2.11 bits per heavy atom. The highest BCUT2D eigenvalue weighted by molar-refractivity contribution is 5.93. The number of aliphatic hydroxyl groups is 1. The third-order valence-corrected chi connectivity index (χ3v) is 7.17. The number of amides is 1. The largest absolute Gasteiger partial charge is 0.472 e. The number of likely N-dealkylation sites (tertiary alicyclic amines) is 1. The topological polar surface area (TPSA) is 133 Å². The van der Waals surface area contributed by atoms with Crippen molar-refractivity contribution in [1.29, 1.82) is 5.26 Å². The molecule has 1 aliphatic carbocycles. The number of nitrogens with zero attached hydrogens (tertiary/aromatic N) is 4. The highest BCUT2D eigenvalue weighted by Crippen LogP contribution is 2.38. The van der Waals surface area contributed by atoms with Crippen LogP contribution >= 0.6 is 0 Å². The summed E-state index contributed by atoms with van der Waals surface area (Å²) in [5.41, 5.74) is 7.79. The number of carbonyl (C=O) groups excluding carboxylic acids is 1. The molecular weight excluding hydrogens is 463 g/mol. The van der Waals surface area contributed by atoms with E-state index in [-0.39, 0.29) is 36.2 Å². The standard InChI is InChI=1S/C26H29FN6O3/c27-22-15-32(13-17-1-3-18(4-2-17)20-7-12-36-16-20)11-9-26(22,8-10-28)33-14-21(23(29)34)24(31-33)30-25(35)19-5-6-19/h1-4,7,12,14,16,19,22-23,34H,5-6,8-9,11,13,15,29H2,(H,30,31,35)/t22?,23-,26?/m1/s1. The number of nitriles is 1. The van der Waals surface area contributed by atoms with Crippen molar-refractivity contribution in [3.05, 3.63) is 60.2 Å². The van der Waals surface area contributed by atoms with Crippen LogP contribution in [0.25, 0.3) is 11.1 Å². The highest BCUT2D eigenvalue weighted by atomic mass is 19.1. The zero-order valence-electron chi connectivity index (χ0n) is 19.8. The van der Waals surface area contributed by atoms with E-state index in [0.29, 0.717) is 19.5 Å². The normalized spacial score (nSPS) is 23.2. The van der Waals surface area contributed by atoms with Crippen LogP contribution in [0.3, 0.4) is 0 Å². The van der Waals surface area contributed by atoms with Crippen LogP contribution in [-0.4, -0.2) is 45.0 Å². The lowest BCUT2D eigenvalue weighted by molar-refractivity contribution is -0.117. The Morgan fingerprint density at radius 1 is 1.33 bits per heavy atom. The number of alkyl halides is 1. The first-order valence-electron chi connectivity index (χ1n) is 12.1. The van der Waals surface area contributed by atoms with Gasteiger partial charge in [0.05, 0.1) is 30.6 Å². The maximum atomic E-state index is 15.9. The van der Waals surface area contributed by atoms with Crippen LogP contribution < -0.4 is 11.1 Å². The van der Waals surface area contributed by atoms with Gasteiger partial charge in [-0.2, -0.15) is 10.4 Å². The van der Waals surface area contributed by atoms with Gasteiger partial charge in [0.25, 0.3) is 0 Å². The summed E-state index contributed by atoms with van der Waals surface area (Å²) < 4.78 is 22.4. The molecule has 0 bridgehead atoms. The number of furan rings is 1. The molecule has 2 fully saturated rings. The van der Waals surface area contributed by atoms with Gasteiger partial charge in [-0.05, 0) is 36.5 Å². The van der Waals surface area contributed by atoms with E-state index in [4.69, 9.17) is 10.2 Å². The molecule has 188 valence electrons. The van der Waals surface area contributed by atoms with Crippen LogP contribution in [-0.2, 0) is 16.9 Å². The minimum absolute atomic E-state index is 0.0723. The predicted octanol–water partition coefficient (Wildman–Crippen LogP) is 3.29. The Balaban J connectivity index is 1.32. The second-order valence-corrected chi connectivity index (χ2v) is 9.69. The molecule has 0 radical (unpaired) electrons. The molecule has 3 aromatic rings. The lowest BCUT2D eigenvalue weighted by atomic mass is 9.83. The van der Waals surface area contributed by atoms with Crippen molar-refractivity contribution in [2.75, 3.05) is 18.4 Å². The fourth-order valence-electron chi connectivity index (χ4n) is 4.80. The van der Waals surface area contributed by atoms with Crippen molar-refractivity contribution in [2.45, 2.75) is 50.2 Å². The number of nitrogens with two attached hydrogens (primary N) is 1. The van der Waals surface area contributed by atoms with Gasteiger partial charge in [0.2, 0.25) is 5.91 Å². The van der Waals surface area contributed by atoms with E-state index in [1.807, 2.05) is 35.2 Å². The number of anilines is 1. The maximum absolute atomic E-state index is 15.9. The molecule has 1 saturated heterocycles. The molecular formula is C26H29FN6O3. The summed E-state index contributed by atoms with van der Waals surface area (Å²) in [6.07, 6.45) is 3.84. The number of piperidine rings is 1. The van der Waals surface area contributed by atoms with Crippen molar-refractivity contribution in [2.24, 2.45) is 11.7 Å². The number of halogens is 1. The molecule has 2 aromatic heterocycles. The van der Waals surface area contributed by atoms with E-state index < -0.39 is 17.9 Å². The smallest absolute Gasteiger partial charge is 0.228 e. The third kappa shape index (κ3) is 4.78. The third-order valence-electron chi connectivity index (χ3n) is 7.17. The number of carbonyl (C=O) groups is 1. The van der Waals surface area contributed by atoms with Crippen LogP contribution in [0, 0.1) is 17.2 Å². The van der Waals surface area contributed by atoms with Crippen LogP contribution in [0.4, 0.5) is 10.2 Å². The van der Waals surface area contributed by atoms with Crippen molar-refractivity contribution in [1.82, 2.24) is 14.7 Å². The molecule has 0 spiro atoms. The summed E-state index contributed by atoms with van der Waals surface area (Å²) in [5, 5.41) is 26.7. The number of hydrogen-bond donors (Lipinski definition) is 3. The minimum atomic E-state index is -1.40. The predicted molar refractivity (Wildman–Crippen MR) is 130 cm³/mol. The molecule has 1 saturated carbocycles. The van der Waals surface area contributed by atoms with Gasteiger partial charge in [-0.15, -0.1) is 0 Å². The second kappa shape index (κ2) is 9.85. The SMILES string of the molecule is N#CCC1(n2cc([C@H](N)O)c(NC(=O)C3CC3)n2)CCN(Cc2ccc(-c3ccoc3)cc2)CC1F. The van der Waals surface area contributed by atoms with Gasteiger partial charge >= 0.3 is 0 Å². The number of aromatic nitrogens is 2. The summed E-state index contributed by atoms with van der Waals surface area (Å²) in [6, 6.07) is 12.1. The van der Waals surface area contributed by atoms with E-state index in [1.165, 1.54) is 10.9 Å². The van der Waals surface area contributed by atoms with Crippen LogP contribution in [0.15, 0.2) is 53.5 Å². The summed E-state index contributed by atoms with van der Waals surface area (Å²) in [5.74, 6) is -0.148. The Morgan fingerprint density at radius 3 is 2.72 bits per heavy atom. The molecule has 1 aromatic carbocycles. The molecule has 1 aliphatic heterocycles. The van der Waals surface area contributed by atoms with Gasteiger partial charge in [-0.3, -0.25) is 14.4 Å². The van der Waals surface area contributed by atoms with Crippen LogP contribution in [0.1, 0.15) is 43.0 Å². The quantitative estimate of drug-likeness (QED) is 0.411. The zero-order chi connectivity index (χ0) is 25.3. The van der Waals surface area contributed by atoms with Crippen molar-refractivity contribution in [3.8, 4) is 17.2 Å². The van der Waals surface area contributed by atoms with E-state index in [9.17, 15) is 15.2 Å². The van der Waals surface area contributed by atoms with Gasteiger partial charge in [0, 0.05) is 37.3 Å². The van der Waals surface area contributed by atoms with Crippen molar-refractivity contribution >= 4 is 11.7 Å². The molecule has 9 nitrogen and oxygen atoms in total. The number of benzene rings is 1. The average molecular weight is 493 g/mol. The Hall–Kier alpha value is -3.52. The fourth-order valence-corrected chi connectivity index (χ4v) is 4.80. The molecule has 5 rings (SSSR count). The summed E-state index contributed by atoms with van der Waals surface area (Å²) in [6.45, 7) is 1.24. The van der Waals surface area contributed by atoms with Crippen molar-refractivity contribution in [3.63, 3.8) is 0 Å². The molecule has 2 aliphatic rings. The molecule has 10 heteroatoms. The average Bonchev–Trinajstić information content (AvgIpc) is 3.40. The van der Waals surface area contributed by atoms with Gasteiger partial charge in [0.15, 0.2) is 5.82 Å². The molecule has 3 heterocycles. The second-order valence-electron chi connectivity index (χ2n) is 9.69. The summed E-state index contributed by atoms with van der Waals surface area (Å²) >= 11 is 0. The number of nitrogens with one attached hydrogen (secondary N) is 1. The van der Waals surface area contributed by atoms with Crippen LogP contribution in [0.2, 0.25) is 0 Å². The first-order valence-corrected chi connectivity index (χ1v) is 12.1. The van der Waals surface area contributed by atoms with E-state index in [1.54, 1.807) is 12.5 Å². The summed E-state index contributed by atoms with van der Waals surface area (Å²) in [4.78, 5) is 14.3. The first-order chi connectivity index (χ1) is 17.4. The molecule has 36 heavy (non-hydrogen) atoms. The summed E-state index contributed by atoms with van der Waals surface area (Å²) in [7, 11) is 0.